The lowest BCUT2D eigenvalue weighted by molar-refractivity contribution is 1.61. The van der Waals surface area contributed by atoms with Gasteiger partial charge in [-0.25, -0.2) is 0 Å². The molecule has 15 heavy (non-hydrogen) atoms. The predicted molar refractivity (Wildman–Crippen MR) is 66.3 cm³/mol. The molecule has 0 aromatic heterocycles. The Balaban J connectivity index is 2.63. The standard InChI is InChI=1S/C12H9Cl2N/c13-9-6-10(12(14)11(15)7-9)8-4-2-1-3-5-8/h1-7H,15H2. The van der Waals surface area contributed by atoms with E-state index in [1.807, 2.05) is 36.4 Å². The van der Waals surface area contributed by atoms with Gasteiger partial charge in [0.15, 0.2) is 0 Å². The van der Waals surface area contributed by atoms with Crippen molar-refractivity contribution in [1.82, 2.24) is 0 Å². The molecule has 0 spiro atoms. The summed E-state index contributed by atoms with van der Waals surface area (Å²) in [4.78, 5) is 0. The van der Waals surface area contributed by atoms with Crippen LogP contribution in [0, 0.1) is 0 Å². The Labute approximate surface area is 98.4 Å². The smallest absolute Gasteiger partial charge is 0.0714 e. The Morgan fingerprint density at radius 1 is 0.933 bits per heavy atom. The molecule has 0 aliphatic rings. The van der Waals surface area contributed by atoms with E-state index in [1.54, 1.807) is 6.07 Å². The summed E-state index contributed by atoms with van der Waals surface area (Å²) in [6.07, 6.45) is 0. The van der Waals surface area contributed by atoms with Crippen molar-refractivity contribution < 1.29 is 0 Å². The van der Waals surface area contributed by atoms with E-state index in [9.17, 15) is 0 Å². The lowest BCUT2D eigenvalue weighted by Gasteiger charge is -2.07. The van der Waals surface area contributed by atoms with Gasteiger partial charge in [-0.1, -0.05) is 53.5 Å². The maximum Gasteiger partial charge on any atom is 0.0714 e. The SMILES string of the molecule is Nc1cc(Cl)cc(-c2ccccc2)c1Cl. The minimum Gasteiger partial charge on any atom is -0.397 e. The van der Waals surface area contributed by atoms with E-state index in [0.717, 1.165) is 11.1 Å². The summed E-state index contributed by atoms with van der Waals surface area (Å²) in [6, 6.07) is 13.2. The summed E-state index contributed by atoms with van der Waals surface area (Å²) >= 11 is 12.0. The number of halogens is 2. The summed E-state index contributed by atoms with van der Waals surface area (Å²) in [5.41, 5.74) is 8.12. The van der Waals surface area contributed by atoms with Gasteiger partial charge >= 0.3 is 0 Å². The molecule has 0 bridgehead atoms. The van der Waals surface area contributed by atoms with Crippen molar-refractivity contribution in [2.24, 2.45) is 0 Å². The molecule has 0 amide bonds. The summed E-state index contributed by atoms with van der Waals surface area (Å²) in [5.74, 6) is 0. The van der Waals surface area contributed by atoms with Crippen LogP contribution < -0.4 is 5.73 Å². The van der Waals surface area contributed by atoms with Crippen molar-refractivity contribution in [3.05, 3.63) is 52.5 Å². The topological polar surface area (TPSA) is 26.0 Å². The number of nitrogen functional groups attached to an aromatic ring is 1. The fourth-order valence-electron chi connectivity index (χ4n) is 1.44. The Kier molecular flexibility index (Phi) is 2.85. The van der Waals surface area contributed by atoms with E-state index in [-0.39, 0.29) is 0 Å². The van der Waals surface area contributed by atoms with Crippen molar-refractivity contribution >= 4 is 28.9 Å². The highest BCUT2D eigenvalue weighted by atomic mass is 35.5. The quantitative estimate of drug-likeness (QED) is 0.738. The molecule has 2 aromatic carbocycles. The second kappa shape index (κ2) is 4.13. The third-order valence-corrected chi connectivity index (χ3v) is 2.79. The van der Waals surface area contributed by atoms with Gasteiger partial charge in [-0.2, -0.15) is 0 Å². The van der Waals surface area contributed by atoms with E-state index < -0.39 is 0 Å². The van der Waals surface area contributed by atoms with E-state index in [4.69, 9.17) is 28.9 Å². The van der Waals surface area contributed by atoms with Gasteiger partial charge in [0.2, 0.25) is 0 Å². The van der Waals surface area contributed by atoms with Crippen molar-refractivity contribution in [3.8, 4) is 11.1 Å². The van der Waals surface area contributed by atoms with Crippen LogP contribution in [0.1, 0.15) is 0 Å². The van der Waals surface area contributed by atoms with Crippen LogP contribution in [-0.4, -0.2) is 0 Å². The zero-order valence-corrected chi connectivity index (χ0v) is 9.39. The van der Waals surface area contributed by atoms with Crippen LogP contribution in [0.2, 0.25) is 10.0 Å². The van der Waals surface area contributed by atoms with Crippen LogP contribution in [0.5, 0.6) is 0 Å². The fraction of sp³-hybridized carbons (Fsp3) is 0. The first-order chi connectivity index (χ1) is 7.18. The summed E-state index contributed by atoms with van der Waals surface area (Å²) in [7, 11) is 0. The van der Waals surface area contributed by atoms with Crippen molar-refractivity contribution in [3.63, 3.8) is 0 Å². The number of hydrogen-bond acceptors (Lipinski definition) is 1. The Morgan fingerprint density at radius 2 is 1.60 bits per heavy atom. The first-order valence-corrected chi connectivity index (χ1v) is 5.24. The van der Waals surface area contributed by atoms with Crippen LogP contribution in [0.4, 0.5) is 5.69 Å². The monoisotopic (exact) mass is 237 g/mol. The molecule has 2 aromatic rings. The number of anilines is 1. The molecule has 3 heteroatoms. The highest BCUT2D eigenvalue weighted by molar-refractivity contribution is 6.37. The van der Waals surface area contributed by atoms with E-state index >= 15 is 0 Å². The average molecular weight is 238 g/mol. The summed E-state index contributed by atoms with van der Waals surface area (Å²) in [6.45, 7) is 0. The van der Waals surface area contributed by atoms with Gasteiger partial charge in [-0.3, -0.25) is 0 Å². The van der Waals surface area contributed by atoms with Gasteiger partial charge in [0.05, 0.1) is 10.7 Å². The molecule has 76 valence electrons. The maximum absolute atomic E-state index is 6.12. The van der Waals surface area contributed by atoms with Crippen molar-refractivity contribution in [1.29, 1.82) is 0 Å². The zero-order chi connectivity index (χ0) is 10.8. The zero-order valence-electron chi connectivity index (χ0n) is 7.87. The van der Waals surface area contributed by atoms with Crippen LogP contribution in [0.25, 0.3) is 11.1 Å². The van der Waals surface area contributed by atoms with Crippen LogP contribution in [0.15, 0.2) is 42.5 Å². The molecular formula is C12H9Cl2N. The van der Waals surface area contributed by atoms with Crippen molar-refractivity contribution in [2.75, 3.05) is 5.73 Å². The predicted octanol–water partition coefficient (Wildman–Crippen LogP) is 4.24. The second-order valence-electron chi connectivity index (χ2n) is 3.22. The van der Waals surface area contributed by atoms with Crippen LogP contribution in [0.3, 0.4) is 0 Å². The molecule has 0 saturated carbocycles. The van der Waals surface area contributed by atoms with E-state index in [2.05, 4.69) is 0 Å². The van der Waals surface area contributed by atoms with Crippen LogP contribution in [-0.2, 0) is 0 Å². The molecule has 0 saturated heterocycles. The van der Waals surface area contributed by atoms with E-state index in [0.29, 0.717) is 15.7 Å². The third-order valence-electron chi connectivity index (χ3n) is 2.15. The maximum atomic E-state index is 6.12. The largest absolute Gasteiger partial charge is 0.397 e. The van der Waals surface area contributed by atoms with Crippen molar-refractivity contribution in [2.45, 2.75) is 0 Å². The highest BCUT2D eigenvalue weighted by Gasteiger charge is 2.07. The Hall–Kier alpha value is -1.18. The van der Waals surface area contributed by atoms with Gasteiger partial charge in [-0.05, 0) is 17.7 Å². The van der Waals surface area contributed by atoms with Crippen LogP contribution >= 0.6 is 23.2 Å². The lowest BCUT2D eigenvalue weighted by atomic mass is 10.1. The molecule has 0 heterocycles. The molecule has 0 radical (unpaired) electrons. The third kappa shape index (κ3) is 2.09. The molecule has 0 aliphatic heterocycles. The van der Waals surface area contributed by atoms with Gasteiger partial charge in [0.1, 0.15) is 0 Å². The number of nitrogens with two attached hydrogens (primary N) is 1. The minimum absolute atomic E-state index is 0.503. The van der Waals surface area contributed by atoms with E-state index in [1.165, 1.54) is 0 Å². The number of hydrogen-bond donors (Lipinski definition) is 1. The van der Waals surface area contributed by atoms with Gasteiger partial charge in [0.25, 0.3) is 0 Å². The molecule has 0 unspecified atom stereocenters. The molecule has 0 fully saturated rings. The first kappa shape index (κ1) is 10.3. The average Bonchev–Trinajstić information content (AvgIpc) is 2.24. The highest BCUT2D eigenvalue weighted by Crippen LogP contribution is 2.34. The molecule has 0 aliphatic carbocycles. The van der Waals surface area contributed by atoms with Gasteiger partial charge in [-0.15, -0.1) is 0 Å². The molecule has 0 atom stereocenters. The first-order valence-electron chi connectivity index (χ1n) is 4.48. The summed E-state index contributed by atoms with van der Waals surface area (Å²) < 4.78 is 0. The second-order valence-corrected chi connectivity index (χ2v) is 4.04. The van der Waals surface area contributed by atoms with Gasteiger partial charge in [0, 0.05) is 10.6 Å². The Morgan fingerprint density at radius 3 is 2.27 bits per heavy atom. The van der Waals surface area contributed by atoms with Gasteiger partial charge < -0.3 is 5.73 Å². The fourth-order valence-corrected chi connectivity index (χ4v) is 1.88. The lowest BCUT2D eigenvalue weighted by Crippen LogP contribution is -1.89. The minimum atomic E-state index is 0.503. The normalized spacial score (nSPS) is 10.3. The number of rotatable bonds is 1. The molecule has 1 nitrogen and oxygen atoms in total. The summed E-state index contributed by atoms with van der Waals surface area (Å²) in [5, 5.41) is 1.14. The molecule has 2 rings (SSSR count). The molecule has 2 N–H and O–H groups in total. The molecular weight excluding hydrogens is 229 g/mol. The number of benzene rings is 2. The Bertz CT molecular complexity index is 480.